The zero-order valence-electron chi connectivity index (χ0n) is 16.5. The molecular formula is C20H26ClN3O3S2. The number of nitrogens with one attached hydrogen (secondary N) is 1. The average Bonchev–Trinajstić information content (AvgIpc) is 3.19. The lowest BCUT2D eigenvalue weighted by molar-refractivity contribution is -0.135. The van der Waals surface area contributed by atoms with E-state index in [-0.39, 0.29) is 16.7 Å². The number of hydrogen-bond donors (Lipinski definition) is 1. The summed E-state index contributed by atoms with van der Waals surface area (Å²) >= 11 is 7.53. The van der Waals surface area contributed by atoms with Crippen LogP contribution in [0, 0.1) is 5.92 Å². The van der Waals surface area contributed by atoms with Crippen LogP contribution in [0.4, 0.5) is 0 Å². The predicted octanol–water partition coefficient (Wildman–Crippen LogP) is 3.05. The summed E-state index contributed by atoms with van der Waals surface area (Å²) in [5.41, 5.74) is 1.28. The lowest BCUT2D eigenvalue weighted by Crippen LogP contribution is -2.56. The maximum Gasteiger partial charge on any atom is 0.241 e. The molecule has 0 bridgehead atoms. The number of nitrogens with zero attached hydrogens (tertiary/aromatic N) is 2. The van der Waals surface area contributed by atoms with E-state index in [0.29, 0.717) is 18.1 Å². The molecule has 1 atom stereocenters. The van der Waals surface area contributed by atoms with Gasteiger partial charge >= 0.3 is 0 Å². The molecule has 9 heteroatoms. The van der Waals surface area contributed by atoms with E-state index in [1.54, 1.807) is 16.2 Å². The summed E-state index contributed by atoms with van der Waals surface area (Å²) in [5, 5.41) is 4.66. The standard InChI is InChI=1S/C20H26ClN3O3S2/c1-15(2)19(22-29(26,27)18-5-3-17(21)4-6-18)20(25)24-10-8-23(9-11-24)13-16-7-12-28-14-16/h3-7,12,14-15,19,22H,8-11,13H2,1-2H3/t19-/m0/s1. The Kier molecular flexibility index (Phi) is 7.34. The van der Waals surface area contributed by atoms with Gasteiger partial charge in [-0.05, 0) is 52.6 Å². The second-order valence-electron chi connectivity index (χ2n) is 7.53. The van der Waals surface area contributed by atoms with Crippen LogP contribution in [0.5, 0.6) is 0 Å². The highest BCUT2D eigenvalue weighted by Crippen LogP contribution is 2.18. The van der Waals surface area contributed by atoms with Crippen molar-refractivity contribution in [1.82, 2.24) is 14.5 Å². The molecule has 1 saturated heterocycles. The van der Waals surface area contributed by atoms with Gasteiger partial charge in [-0.2, -0.15) is 16.1 Å². The van der Waals surface area contributed by atoms with Gasteiger partial charge in [-0.3, -0.25) is 9.69 Å². The smallest absolute Gasteiger partial charge is 0.241 e. The fraction of sp³-hybridized carbons (Fsp3) is 0.450. The number of carbonyl (C=O) groups excluding carboxylic acids is 1. The van der Waals surface area contributed by atoms with Crippen molar-refractivity contribution in [1.29, 1.82) is 0 Å². The average molecular weight is 456 g/mol. The quantitative estimate of drug-likeness (QED) is 0.696. The normalized spacial score (nSPS) is 16.9. The van der Waals surface area contributed by atoms with Crippen molar-refractivity contribution in [3.63, 3.8) is 0 Å². The molecule has 1 aromatic heterocycles. The second kappa shape index (κ2) is 9.57. The minimum absolute atomic E-state index is 0.0981. The summed E-state index contributed by atoms with van der Waals surface area (Å²) in [6.07, 6.45) is 0. The molecule has 0 radical (unpaired) electrons. The number of halogens is 1. The third-order valence-corrected chi connectivity index (χ3v) is 7.45. The molecule has 29 heavy (non-hydrogen) atoms. The molecule has 158 valence electrons. The Balaban J connectivity index is 1.63. The number of benzene rings is 1. The highest BCUT2D eigenvalue weighted by molar-refractivity contribution is 7.89. The van der Waals surface area contributed by atoms with Gasteiger partial charge in [0.25, 0.3) is 0 Å². The molecule has 3 rings (SSSR count). The third-order valence-electron chi connectivity index (χ3n) is 5.01. The monoisotopic (exact) mass is 455 g/mol. The van der Waals surface area contributed by atoms with Crippen molar-refractivity contribution in [2.75, 3.05) is 26.2 Å². The van der Waals surface area contributed by atoms with Crippen LogP contribution >= 0.6 is 22.9 Å². The SMILES string of the molecule is CC(C)[C@H](NS(=O)(=O)c1ccc(Cl)cc1)C(=O)N1CCN(Cc2ccsc2)CC1. The first kappa shape index (κ1) is 22.2. The molecule has 2 heterocycles. The number of thiophene rings is 1. The molecule has 0 spiro atoms. The highest BCUT2D eigenvalue weighted by Gasteiger charge is 2.33. The van der Waals surface area contributed by atoms with E-state index in [2.05, 4.69) is 26.4 Å². The van der Waals surface area contributed by atoms with Crippen LogP contribution < -0.4 is 4.72 Å². The van der Waals surface area contributed by atoms with Crippen molar-refractivity contribution in [2.24, 2.45) is 5.92 Å². The minimum Gasteiger partial charge on any atom is -0.339 e. The van der Waals surface area contributed by atoms with Crippen LogP contribution in [0.25, 0.3) is 0 Å². The maximum absolute atomic E-state index is 13.1. The molecule has 6 nitrogen and oxygen atoms in total. The van der Waals surface area contributed by atoms with Gasteiger partial charge < -0.3 is 4.90 Å². The maximum atomic E-state index is 13.1. The fourth-order valence-electron chi connectivity index (χ4n) is 3.28. The molecule has 0 saturated carbocycles. The van der Waals surface area contributed by atoms with Crippen LogP contribution in [0.3, 0.4) is 0 Å². The molecular weight excluding hydrogens is 430 g/mol. The number of sulfonamides is 1. The van der Waals surface area contributed by atoms with Gasteiger partial charge in [-0.1, -0.05) is 25.4 Å². The molecule has 0 unspecified atom stereocenters. The molecule has 1 aliphatic heterocycles. The van der Waals surface area contributed by atoms with Crippen molar-refractivity contribution < 1.29 is 13.2 Å². The second-order valence-corrected chi connectivity index (χ2v) is 10.5. The predicted molar refractivity (Wildman–Crippen MR) is 117 cm³/mol. The Morgan fingerprint density at radius 2 is 1.79 bits per heavy atom. The number of amides is 1. The number of carbonyl (C=O) groups is 1. The van der Waals surface area contributed by atoms with Crippen molar-refractivity contribution in [3.8, 4) is 0 Å². The van der Waals surface area contributed by atoms with Gasteiger partial charge in [-0.15, -0.1) is 0 Å². The Morgan fingerprint density at radius 3 is 2.34 bits per heavy atom. The first-order valence-electron chi connectivity index (χ1n) is 9.56. The van der Waals surface area contributed by atoms with E-state index in [1.807, 2.05) is 13.8 Å². The van der Waals surface area contributed by atoms with Crippen molar-refractivity contribution >= 4 is 38.9 Å². The lowest BCUT2D eigenvalue weighted by Gasteiger charge is -2.37. The Bertz CT molecular complexity index is 907. The van der Waals surface area contributed by atoms with E-state index in [0.717, 1.165) is 19.6 Å². The largest absolute Gasteiger partial charge is 0.339 e. The molecule has 1 amide bonds. The van der Waals surface area contributed by atoms with E-state index < -0.39 is 16.1 Å². The Morgan fingerprint density at radius 1 is 1.14 bits per heavy atom. The van der Waals surface area contributed by atoms with Crippen LogP contribution in [0.1, 0.15) is 19.4 Å². The minimum atomic E-state index is -3.82. The molecule has 1 aliphatic rings. The van der Waals surface area contributed by atoms with Gasteiger partial charge in [0.05, 0.1) is 4.90 Å². The number of piperazine rings is 1. The van der Waals surface area contributed by atoms with Crippen molar-refractivity contribution in [3.05, 3.63) is 51.7 Å². The van der Waals surface area contributed by atoms with Crippen LogP contribution in [-0.4, -0.2) is 56.3 Å². The third kappa shape index (κ3) is 5.79. The van der Waals surface area contributed by atoms with Gasteiger partial charge in [-0.25, -0.2) is 8.42 Å². The summed E-state index contributed by atoms with van der Waals surface area (Å²) in [6.45, 7) is 7.30. The van der Waals surface area contributed by atoms with E-state index in [4.69, 9.17) is 11.6 Å². The summed E-state index contributed by atoms with van der Waals surface area (Å²) in [4.78, 5) is 17.3. The first-order chi connectivity index (χ1) is 13.8. The van der Waals surface area contributed by atoms with Gasteiger partial charge in [0, 0.05) is 37.7 Å². The topological polar surface area (TPSA) is 69.7 Å². The number of rotatable bonds is 7. The molecule has 1 N–H and O–H groups in total. The zero-order valence-corrected chi connectivity index (χ0v) is 18.9. The van der Waals surface area contributed by atoms with Gasteiger partial charge in [0.15, 0.2) is 0 Å². The van der Waals surface area contributed by atoms with Crippen molar-refractivity contribution in [2.45, 2.75) is 31.3 Å². The molecule has 1 aromatic carbocycles. The van der Waals surface area contributed by atoms with E-state index >= 15 is 0 Å². The van der Waals surface area contributed by atoms with Gasteiger partial charge in [0.1, 0.15) is 6.04 Å². The fourth-order valence-corrected chi connectivity index (χ4v) is 5.41. The molecule has 1 fully saturated rings. The van der Waals surface area contributed by atoms with Crippen LogP contribution in [0.15, 0.2) is 46.0 Å². The Hall–Kier alpha value is -1.45. The van der Waals surface area contributed by atoms with Crippen LogP contribution in [0.2, 0.25) is 5.02 Å². The molecule has 2 aromatic rings. The number of hydrogen-bond acceptors (Lipinski definition) is 5. The summed E-state index contributed by atoms with van der Waals surface area (Å²) < 4.78 is 28.1. The Labute approximate surface area is 181 Å². The zero-order chi connectivity index (χ0) is 21.0. The summed E-state index contributed by atoms with van der Waals surface area (Å²) in [7, 11) is -3.82. The van der Waals surface area contributed by atoms with Crippen LogP contribution in [-0.2, 0) is 21.4 Å². The summed E-state index contributed by atoms with van der Waals surface area (Å²) in [5.74, 6) is -0.346. The summed E-state index contributed by atoms with van der Waals surface area (Å²) in [6, 6.07) is 7.23. The van der Waals surface area contributed by atoms with E-state index in [9.17, 15) is 13.2 Å². The lowest BCUT2D eigenvalue weighted by atomic mass is 10.0. The highest BCUT2D eigenvalue weighted by atomic mass is 35.5. The molecule has 0 aliphatic carbocycles. The first-order valence-corrected chi connectivity index (χ1v) is 12.4. The van der Waals surface area contributed by atoms with Gasteiger partial charge in [0.2, 0.25) is 15.9 Å². The van der Waals surface area contributed by atoms with E-state index in [1.165, 1.54) is 29.8 Å².